The second kappa shape index (κ2) is 9.11. The van der Waals surface area contributed by atoms with Gasteiger partial charge in [0.15, 0.2) is 6.29 Å². The van der Waals surface area contributed by atoms with Crippen LogP contribution in [0.1, 0.15) is 32.6 Å². The largest absolute Gasteiger partial charge is 0.488 e. The first-order valence-electron chi connectivity index (χ1n) is 9.42. The third-order valence-corrected chi connectivity index (χ3v) is 5.07. The van der Waals surface area contributed by atoms with Crippen LogP contribution in [0.15, 0.2) is 45.6 Å². The number of hydrogen-bond acceptors (Lipinski definition) is 7. The fourth-order valence-corrected chi connectivity index (χ4v) is 3.24. The minimum Gasteiger partial charge on any atom is -0.488 e. The van der Waals surface area contributed by atoms with Crippen LogP contribution in [0.4, 0.5) is 0 Å². The van der Waals surface area contributed by atoms with Gasteiger partial charge in [0, 0.05) is 30.0 Å². The van der Waals surface area contributed by atoms with Gasteiger partial charge >= 0.3 is 11.6 Å². The molecule has 1 unspecified atom stereocenters. The molecule has 1 aromatic heterocycles. The number of fused-ring (bicyclic) bond motifs is 1. The first kappa shape index (κ1) is 21.5. The van der Waals surface area contributed by atoms with Crippen molar-refractivity contribution in [2.24, 2.45) is 0 Å². The first-order chi connectivity index (χ1) is 14.3. The number of aryl methyl sites for hydroxylation is 2. The molecular weight excluding hydrogens is 388 g/mol. The number of methoxy groups -OCH3 is 2. The SMILES string of the molecule is COC(=O)c1ccc(COc2ccc3c(C)c(CC(O)OC)c(=O)oc3c2C)cc1. The van der Waals surface area contributed by atoms with Gasteiger partial charge in [-0.2, -0.15) is 0 Å². The Hall–Kier alpha value is -3.16. The maximum Gasteiger partial charge on any atom is 0.339 e. The van der Waals surface area contributed by atoms with Gasteiger partial charge in [-0.15, -0.1) is 0 Å². The molecule has 7 nitrogen and oxygen atoms in total. The lowest BCUT2D eigenvalue weighted by atomic mass is 10.0. The van der Waals surface area contributed by atoms with Crippen LogP contribution >= 0.6 is 0 Å². The van der Waals surface area contributed by atoms with E-state index in [2.05, 4.69) is 0 Å². The van der Waals surface area contributed by atoms with Gasteiger partial charge in [-0.3, -0.25) is 0 Å². The molecule has 0 bridgehead atoms. The fraction of sp³-hybridized carbons (Fsp3) is 0.304. The predicted molar refractivity (Wildman–Crippen MR) is 111 cm³/mol. The van der Waals surface area contributed by atoms with Crippen LogP contribution in [-0.4, -0.2) is 31.6 Å². The number of hydrogen-bond donors (Lipinski definition) is 1. The Morgan fingerprint density at radius 2 is 1.77 bits per heavy atom. The molecule has 30 heavy (non-hydrogen) atoms. The van der Waals surface area contributed by atoms with Crippen LogP contribution in [0.25, 0.3) is 11.0 Å². The number of rotatable bonds is 7. The summed E-state index contributed by atoms with van der Waals surface area (Å²) in [5.41, 5.74) is 3.12. The van der Waals surface area contributed by atoms with Crippen molar-refractivity contribution >= 4 is 16.9 Å². The Morgan fingerprint density at radius 1 is 1.07 bits per heavy atom. The zero-order chi connectivity index (χ0) is 21.8. The minimum absolute atomic E-state index is 0.0550. The Balaban J connectivity index is 1.85. The van der Waals surface area contributed by atoms with Gasteiger partial charge in [-0.25, -0.2) is 9.59 Å². The molecular formula is C23H24O7. The number of esters is 1. The number of carbonyl (C=O) groups is 1. The number of aliphatic hydroxyl groups excluding tert-OH is 1. The standard InChI is InChI=1S/C23H24O7/c1-13-17-9-10-19(29-12-15-5-7-16(8-6-15)22(25)28-4)14(2)21(17)30-23(26)18(13)11-20(24)27-3/h5-10,20,24H,11-12H2,1-4H3. The van der Waals surface area contributed by atoms with Crippen molar-refractivity contribution in [1.82, 2.24) is 0 Å². The van der Waals surface area contributed by atoms with Crippen molar-refractivity contribution in [2.45, 2.75) is 33.2 Å². The zero-order valence-electron chi connectivity index (χ0n) is 17.4. The average Bonchev–Trinajstić information content (AvgIpc) is 2.76. The molecule has 1 N–H and O–H groups in total. The van der Waals surface area contributed by atoms with E-state index >= 15 is 0 Å². The molecule has 158 valence electrons. The van der Waals surface area contributed by atoms with E-state index in [9.17, 15) is 14.7 Å². The van der Waals surface area contributed by atoms with E-state index in [1.807, 2.05) is 26.0 Å². The van der Waals surface area contributed by atoms with Crippen molar-refractivity contribution < 1.29 is 28.5 Å². The van der Waals surface area contributed by atoms with Gasteiger partial charge in [0.05, 0.1) is 12.7 Å². The third-order valence-electron chi connectivity index (χ3n) is 5.07. The minimum atomic E-state index is -1.07. The highest BCUT2D eigenvalue weighted by Crippen LogP contribution is 2.30. The molecule has 0 aliphatic rings. The van der Waals surface area contributed by atoms with E-state index in [1.54, 1.807) is 24.3 Å². The topological polar surface area (TPSA) is 95.2 Å². The van der Waals surface area contributed by atoms with E-state index in [0.717, 1.165) is 16.5 Å². The molecule has 7 heteroatoms. The zero-order valence-corrected chi connectivity index (χ0v) is 17.4. The molecule has 0 saturated heterocycles. The van der Waals surface area contributed by atoms with Crippen LogP contribution < -0.4 is 10.4 Å². The smallest absolute Gasteiger partial charge is 0.339 e. The Morgan fingerprint density at radius 3 is 2.40 bits per heavy atom. The summed E-state index contributed by atoms with van der Waals surface area (Å²) in [6.45, 7) is 3.93. The fourth-order valence-electron chi connectivity index (χ4n) is 3.24. The number of aliphatic hydroxyl groups is 1. The molecule has 0 saturated carbocycles. The monoisotopic (exact) mass is 412 g/mol. The highest BCUT2D eigenvalue weighted by Gasteiger charge is 2.17. The molecule has 0 radical (unpaired) electrons. The molecule has 0 aliphatic carbocycles. The van der Waals surface area contributed by atoms with Crippen molar-refractivity contribution in [3.8, 4) is 5.75 Å². The molecule has 3 aromatic rings. The van der Waals surface area contributed by atoms with Crippen LogP contribution in [-0.2, 0) is 22.5 Å². The third kappa shape index (κ3) is 4.37. The molecule has 0 spiro atoms. The summed E-state index contributed by atoms with van der Waals surface area (Å²) in [5, 5.41) is 10.5. The number of carbonyl (C=O) groups excluding carboxylic acids is 1. The molecule has 1 atom stereocenters. The summed E-state index contributed by atoms with van der Waals surface area (Å²) in [7, 11) is 2.71. The Kier molecular flexibility index (Phi) is 6.54. The number of ether oxygens (including phenoxy) is 3. The van der Waals surface area contributed by atoms with Crippen molar-refractivity contribution in [2.75, 3.05) is 14.2 Å². The van der Waals surface area contributed by atoms with E-state index in [-0.39, 0.29) is 13.0 Å². The second-order valence-electron chi connectivity index (χ2n) is 6.93. The summed E-state index contributed by atoms with van der Waals surface area (Å²) < 4.78 is 21.0. The summed E-state index contributed by atoms with van der Waals surface area (Å²) in [6.07, 6.45) is -1.02. The van der Waals surface area contributed by atoms with E-state index in [1.165, 1.54) is 14.2 Å². The quantitative estimate of drug-likeness (QED) is 0.361. The van der Waals surface area contributed by atoms with Crippen LogP contribution in [0.3, 0.4) is 0 Å². The van der Waals surface area contributed by atoms with Crippen LogP contribution in [0.2, 0.25) is 0 Å². The lowest BCUT2D eigenvalue weighted by Crippen LogP contribution is -2.20. The summed E-state index contributed by atoms with van der Waals surface area (Å²) in [4.78, 5) is 24.0. The van der Waals surface area contributed by atoms with Crippen molar-refractivity contribution in [3.63, 3.8) is 0 Å². The molecule has 0 aliphatic heterocycles. The van der Waals surface area contributed by atoms with Crippen molar-refractivity contribution in [1.29, 1.82) is 0 Å². The van der Waals surface area contributed by atoms with E-state index in [4.69, 9.17) is 18.6 Å². The Bertz CT molecular complexity index is 1110. The van der Waals surface area contributed by atoms with Gasteiger partial charge in [0.2, 0.25) is 0 Å². The average molecular weight is 412 g/mol. The van der Waals surface area contributed by atoms with Crippen LogP contribution in [0.5, 0.6) is 5.75 Å². The van der Waals surface area contributed by atoms with Crippen molar-refractivity contribution in [3.05, 3.63) is 74.6 Å². The maximum atomic E-state index is 12.4. The van der Waals surface area contributed by atoms with Gasteiger partial charge in [-0.05, 0) is 49.2 Å². The van der Waals surface area contributed by atoms with E-state index in [0.29, 0.717) is 28.0 Å². The van der Waals surface area contributed by atoms with Gasteiger partial charge in [0.25, 0.3) is 0 Å². The first-order valence-corrected chi connectivity index (χ1v) is 9.42. The van der Waals surface area contributed by atoms with Gasteiger partial charge in [-0.1, -0.05) is 12.1 Å². The molecule has 2 aromatic carbocycles. The van der Waals surface area contributed by atoms with Crippen LogP contribution in [0, 0.1) is 13.8 Å². The maximum absolute atomic E-state index is 12.4. The van der Waals surface area contributed by atoms with Gasteiger partial charge < -0.3 is 23.7 Å². The summed E-state index contributed by atoms with van der Waals surface area (Å²) in [5.74, 6) is 0.197. The molecule has 0 amide bonds. The Labute approximate surface area is 173 Å². The molecule has 0 fully saturated rings. The summed E-state index contributed by atoms with van der Waals surface area (Å²) in [6, 6.07) is 10.6. The predicted octanol–water partition coefficient (Wildman–Crippen LogP) is 3.28. The molecule has 1 heterocycles. The normalized spacial score (nSPS) is 12.0. The van der Waals surface area contributed by atoms with Gasteiger partial charge in [0.1, 0.15) is 17.9 Å². The molecule has 3 rings (SSSR count). The highest BCUT2D eigenvalue weighted by molar-refractivity contribution is 5.89. The van der Waals surface area contributed by atoms with E-state index < -0.39 is 17.9 Å². The number of benzene rings is 2. The lowest BCUT2D eigenvalue weighted by Gasteiger charge is -2.14. The summed E-state index contributed by atoms with van der Waals surface area (Å²) >= 11 is 0. The highest BCUT2D eigenvalue weighted by atomic mass is 16.6. The lowest BCUT2D eigenvalue weighted by molar-refractivity contribution is -0.0725. The second-order valence-corrected chi connectivity index (χ2v) is 6.93.